The zero-order valence-electron chi connectivity index (χ0n) is 13.3. The molecule has 1 fully saturated rings. The number of aromatic nitrogens is 2. The summed E-state index contributed by atoms with van der Waals surface area (Å²) < 4.78 is 5.29. The molecule has 0 spiro atoms. The van der Waals surface area contributed by atoms with Crippen LogP contribution in [-0.4, -0.2) is 16.0 Å². The molecule has 1 N–H and O–H groups in total. The number of amides is 1. The van der Waals surface area contributed by atoms with Gasteiger partial charge in [-0.1, -0.05) is 40.0 Å². The molecule has 132 valence electrons. The molecule has 5 nitrogen and oxygen atoms in total. The number of hydrogen-bond donors (Lipinski definition) is 1. The highest BCUT2D eigenvalue weighted by Crippen LogP contribution is 2.39. The molecule has 1 aliphatic rings. The van der Waals surface area contributed by atoms with Crippen LogP contribution in [0.3, 0.4) is 0 Å². The van der Waals surface area contributed by atoms with Crippen LogP contribution in [-0.2, 0) is 0 Å². The summed E-state index contributed by atoms with van der Waals surface area (Å²) in [6.45, 7) is 0. The number of nitrogens with zero attached hydrogens (tertiary/aromatic N) is 2. The predicted molar refractivity (Wildman–Crippen MR) is 101 cm³/mol. The summed E-state index contributed by atoms with van der Waals surface area (Å²) >= 11 is 18.1. The van der Waals surface area contributed by atoms with Gasteiger partial charge in [0.15, 0.2) is 5.82 Å². The van der Waals surface area contributed by atoms with Crippen molar-refractivity contribution >= 4 is 46.4 Å². The molecule has 1 aromatic heterocycles. The van der Waals surface area contributed by atoms with E-state index in [4.69, 9.17) is 39.3 Å². The van der Waals surface area contributed by atoms with Gasteiger partial charge in [-0.3, -0.25) is 4.79 Å². The van der Waals surface area contributed by atoms with Gasteiger partial charge >= 0.3 is 0 Å². The van der Waals surface area contributed by atoms with Crippen molar-refractivity contribution in [3.05, 3.63) is 62.9 Å². The maximum absolute atomic E-state index is 12.4. The lowest BCUT2D eigenvalue weighted by atomic mass is 10.1. The Hall–Kier alpha value is -2.08. The molecule has 0 aliphatic heterocycles. The van der Waals surface area contributed by atoms with Gasteiger partial charge in [0.2, 0.25) is 0 Å². The first-order chi connectivity index (χ1) is 12.5. The number of nitrogens with one attached hydrogen (secondary N) is 1. The fraction of sp³-hybridized carbons (Fsp3) is 0.167. The maximum atomic E-state index is 12.4. The van der Waals surface area contributed by atoms with Crippen molar-refractivity contribution < 1.29 is 9.32 Å². The van der Waals surface area contributed by atoms with Crippen LogP contribution in [0.1, 0.15) is 34.9 Å². The van der Waals surface area contributed by atoms with Crippen LogP contribution in [0.5, 0.6) is 0 Å². The molecular weight excluding hydrogens is 397 g/mol. The lowest BCUT2D eigenvalue weighted by Crippen LogP contribution is -2.12. The van der Waals surface area contributed by atoms with E-state index < -0.39 is 0 Å². The van der Waals surface area contributed by atoms with Gasteiger partial charge in [-0.15, -0.1) is 0 Å². The second-order valence-corrected chi connectivity index (χ2v) is 7.23. The van der Waals surface area contributed by atoms with Crippen LogP contribution in [0, 0.1) is 0 Å². The molecule has 8 heteroatoms. The number of halogens is 3. The Morgan fingerprint density at radius 1 is 1.04 bits per heavy atom. The van der Waals surface area contributed by atoms with Gasteiger partial charge in [-0.2, -0.15) is 4.98 Å². The number of carbonyl (C=O) groups is 1. The topological polar surface area (TPSA) is 68.0 Å². The van der Waals surface area contributed by atoms with E-state index in [-0.39, 0.29) is 5.91 Å². The van der Waals surface area contributed by atoms with E-state index >= 15 is 0 Å². The number of benzene rings is 2. The first kappa shape index (κ1) is 17.3. The molecule has 4 rings (SSSR count). The van der Waals surface area contributed by atoms with Gasteiger partial charge in [-0.25, -0.2) is 0 Å². The summed E-state index contributed by atoms with van der Waals surface area (Å²) in [4.78, 5) is 16.7. The first-order valence-electron chi connectivity index (χ1n) is 7.91. The molecule has 1 heterocycles. The molecular formula is C18H12Cl3N3O2. The van der Waals surface area contributed by atoms with E-state index in [0.717, 1.165) is 18.7 Å². The van der Waals surface area contributed by atoms with Crippen LogP contribution in [0.15, 0.2) is 40.9 Å². The number of hydrogen-bond acceptors (Lipinski definition) is 4. The van der Waals surface area contributed by atoms with Gasteiger partial charge in [0.05, 0.1) is 20.8 Å². The molecule has 1 amide bonds. The summed E-state index contributed by atoms with van der Waals surface area (Å²) in [5.41, 5.74) is 1.54. The molecule has 26 heavy (non-hydrogen) atoms. The third-order valence-corrected chi connectivity index (χ3v) is 5.08. The highest BCUT2D eigenvalue weighted by Gasteiger charge is 2.29. The minimum atomic E-state index is -0.341. The molecule has 1 aliphatic carbocycles. The quantitative estimate of drug-likeness (QED) is 0.590. The molecule has 0 saturated heterocycles. The molecule has 0 atom stereocenters. The van der Waals surface area contributed by atoms with Crippen LogP contribution in [0.25, 0.3) is 11.5 Å². The van der Waals surface area contributed by atoms with E-state index in [1.54, 1.807) is 30.3 Å². The van der Waals surface area contributed by atoms with Gasteiger partial charge in [-0.05, 0) is 49.2 Å². The summed E-state index contributed by atoms with van der Waals surface area (Å²) in [6.07, 6.45) is 2.19. The number of carbonyl (C=O) groups excluding carboxylic acids is 1. The summed E-state index contributed by atoms with van der Waals surface area (Å²) in [7, 11) is 0. The van der Waals surface area contributed by atoms with E-state index in [1.165, 1.54) is 6.07 Å². The maximum Gasteiger partial charge on any atom is 0.257 e. The lowest BCUT2D eigenvalue weighted by molar-refractivity contribution is 0.102. The zero-order chi connectivity index (χ0) is 18.3. The fourth-order valence-electron chi connectivity index (χ4n) is 2.44. The van der Waals surface area contributed by atoms with E-state index in [0.29, 0.717) is 43.7 Å². The fourth-order valence-corrected chi connectivity index (χ4v) is 2.97. The van der Waals surface area contributed by atoms with Crippen molar-refractivity contribution in [1.82, 2.24) is 10.1 Å². The lowest BCUT2D eigenvalue weighted by Gasteiger charge is -2.08. The molecule has 0 radical (unpaired) electrons. The van der Waals surface area contributed by atoms with Crippen LogP contribution < -0.4 is 5.32 Å². The van der Waals surface area contributed by atoms with Crippen molar-refractivity contribution in [3.63, 3.8) is 0 Å². The summed E-state index contributed by atoms with van der Waals surface area (Å²) in [5.74, 6) is 1.21. The Bertz CT molecular complexity index is 999. The molecule has 1 saturated carbocycles. The van der Waals surface area contributed by atoms with Crippen LogP contribution in [0.4, 0.5) is 5.69 Å². The van der Waals surface area contributed by atoms with Crippen LogP contribution >= 0.6 is 34.8 Å². The molecule has 0 unspecified atom stereocenters. The Morgan fingerprint density at radius 2 is 1.85 bits per heavy atom. The Morgan fingerprint density at radius 3 is 2.54 bits per heavy atom. The van der Waals surface area contributed by atoms with Crippen molar-refractivity contribution in [1.29, 1.82) is 0 Å². The van der Waals surface area contributed by atoms with E-state index in [1.807, 2.05) is 0 Å². The minimum absolute atomic E-state index is 0.309. The van der Waals surface area contributed by atoms with E-state index in [2.05, 4.69) is 15.5 Å². The van der Waals surface area contributed by atoms with Crippen molar-refractivity contribution in [2.24, 2.45) is 0 Å². The van der Waals surface area contributed by atoms with E-state index in [9.17, 15) is 4.79 Å². The second-order valence-electron chi connectivity index (χ2n) is 6.01. The van der Waals surface area contributed by atoms with Gasteiger partial charge in [0.25, 0.3) is 11.8 Å². The predicted octanol–water partition coefficient (Wildman–Crippen LogP) is 5.83. The molecule has 3 aromatic rings. The monoisotopic (exact) mass is 407 g/mol. The number of anilines is 1. The second kappa shape index (κ2) is 6.91. The molecule has 0 bridgehead atoms. The smallest absolute Gasteiger partial charge is 0.257 e. The van der Waals surface area contributed by atoms with Crippen molar-refractivity contribution in [3.8, 4) is 11.5 Å². The van der Waals surface area contributed by atoms with Gasteiger partial charge in [0.1, 0.15) is 0 Å². The minimum Gasteiger partial charge on any atom is -0.334 e. The first-order valence-corrected chi connectivity index (χ1v) is 9.04. The van der Waals surface area contributed by atoms with Crippen molar-refractivity contribution in [2.75, 3.05) is 5.32 Å². The Labute approximate surface area is 164 Å². The highest BCUT2D eigenvalue weighted by atomic mass is 35.5. The zero-order valence-corrected chi connectivity index (χ0v) is 15.6. The Kier molecular flexibility index (Phi) is 4.61. The van der Waals surface area contributed by atoms with Gasteiger partial charge < -0.3 is 9.84 Å². The average molecular weight is 409 g/mol. The normalized spacial score (nSPS) is 13.7. The summed E-state index contributed by atoms with van der Waals surface area (Å²) in [6, 6.07) is 9.78. The summed E-state index contributed by atoms with van der Waals surface area (Å²) in [5, 5.41) is 7.79. The highest BCUT2D eigenvalue weighted by molar-refractivity contribution is 6.42. The largest absolute Gasteiger partial charge is 0.334 e. The van der Waals surface area contributed by atoms with Crippen LogP contribution in [0.2, 0.25) is 15.1 Å². The van der Waals surface area contributed by atoms with Crippen molar-refractivity contribution in [2.45, 2.75) is 18.8 Å². The SMILES string of the molecule is O=C(Nc1ccc(-c2nc(C3CC3)no2)cc1Cl)c1ccc(Cl)c(Cl)c1. The third-order valence-electron chi connectivity index (χ3n) is 4.03. The average Bonchev–Trinajstić information content (AvgIpc) is 3.36. The van der Waals surface area contributed by atoms with Gasteiger partial charge in [0, 0.05) is 17.0 Å². The number of rotatable bonds is 4. The Balaban J connectivity index is 1.53. The third kappa shape index (κ3) is 3.56. The molecule has 2 aromatic carbocycles. The standard InChI is InChI=1S/C18H12Cl3N3O2/c19-12-5-3-10(7-13(12)20)17(25)22-15-6-4-11(8-14(15)21)18-23-16(24-26-18)9-1-2-9/h3-9H,1-2H2,(H,22,25).